The first-order chi connectivity index (χ1) is 10.3. The Labute approximate surface area is 123 Å². The molecule has 6 nitrogen and oxygen atoms in total. The van der Waals surface area contributed by atoms with Crippen LogP contribution in [-0.4, -0.2) is 51.5 Å². The molecule has 1 atom stereocenters. The third kappa shape index (κ3) is 2.95. The van der Waals surface area contributed by atoms with Crippen LogP contribution < -0.4 is 5.32 Å². The lowest BCUT2D eigenvalue weighted by Gasteiger charge is -2.32. The minimum Gasteiger partial charge on any atom is -0.337 e. The molecule has 110 valence electrons. The van der Waals surface area contributed by atoms with Crippen LogP contribution in [0.25, 0.3) is 5.82 Å². The summed E-state index contributed by atoms with van der Waals surface area (Å²) in [4.78, 5) is 22.7. The number of piperidine rings is 1. The molecule has 3 heterocycles. The summed E-state index contributed by atoms with van der Waals surface area (Å²) in [6, 6.07) is 4.06. The maximum Gasteiger partial charge on any atom is 0.255 e. The van der Waals surface area contributed by atoms with Gasteiger partial charge in [0.2, 0.25) is 0 Å². The molecule has 0 aromatic carbocycles. The van der Waals surface area contributed by atoms with Gasteiger partial charge in [0.15, 0.2) is 0 Å². The van der Waals surface area contributed by atoms with Gasteiger partial charge >= 0.3 is 0 Å². The second-order valence-corrected chi connectivity index (χ2v) is 5.25. The van der Waals surface area contributed by atoms with Crippen molar-refractivity contribution in [1.82, 2.24) is 24.8 Å². The number of likely N-dealkylation sites (tertiary alicyclic amines) is 1. The third-order valence-corrected chi connectivity index (χ3v) is 3.88. The van der Waals surface area contributed by atoms with Gasteiger partial charge in [0.05, 0.1) is 5.56 Å². The Kier molecular flexibility index (Phi) is 3.96. The zero-order chi connectivity index (χ0) is 14.7. The van der Waals surface area contributed by atoms with E-state index < -0.39 is 0 Å². The number of imidazole rings is 1. The molecule has 1 amide bonds. The largest absolute Gasteiger partial charge is 0.337 e. The number of nitrogens with one attached hydrogen (secondary N) is 1. The van der Waals surface area contributed by atoms with Crippen LogP contribution in [0.15, 0.2) is 37.1 Å². The number of rotatable bonds is 3. The molecule has 2 aromatic heterocycles. The number of hydrogen-bond donors (Lipinski definition) is 1. The molecule has 21 heavy (non-hydrogen) atoms. The summed E-state index contributed by atoms with van der Waals surface area (Å²) in [6.45, 7) is 1.58. The zero-order valence-corrected chi connectivity index (χ0v) is 12.1. The van der Waals surface area contributed by atoms with Crippen molar-refractivity contribution < 1.29 is 4.79 Å². The van der Waals surface area contributed by atoms with E-state index in [-0.39, 0.29) is 5.91 Å². The Balaban J connectivity index is 1.73. The first-order valence-corrected chi connectivity index (χ1v) is 7.19. The van der Waals surface area contributed by atoms with Crippen molar-refractivity contribution >= 4 is 5.91 Å². The number of carbonyl (C=O) groups excluding carboxylic acids is 1. The number of carbonyl (C=O) groups is 1. The topological polar surface area (TPSA) is 63.1 Å². The fraction of sp³-hybridized carbons (Fsp3) is 0.400. The van der Waals surface area contributed by atoms with Crippen LogP contribution in [0.2, 0.25) is 0 Å². The molecule has 1 aliphatic rings. The van der Waals surface area contributed by atoms with Crippen molar-refractivity contribution in [1.29, 1.82) is 0 Å². The lowest BCUT2D eigenvalue weighted by atomic mass is 10.1. The van der Waals surface area contributed by atoms with Crippen LogP contribution in [0.5, 0.6) is 0 Å². The second-order valence-electron chi connectivity index (χ2n) is 5.25. The molecule has 0 radical (unpaired) electrons. The van der Waals surface area contributed by atoms with Gasteiger partial charge in [0.25, 0.3) is 5.91 Å². The second kappa shape index (κ2) is 6.05. The van der Waals surface area contributed by atoms with Crippen molar-refractivity contribution in [2.45, 2.75) is 18.9 Å². The normalized spacial score (nSPS) is 18.7. The Morgan fingerprint density at radius 1 is 1.43 bits per heavy atom. The van der Waals surface area contributed by atoms with E-state index in [1.54, 1.807) is 18.7 Å². The quantitative estimate of drug-likeness (QED) is 0.917. The first-order valence-electron chi connectivity index (χ1n) is 7.19. The Morgan fingerprint density at radius 2 is 2.33 bits per heavy atom. The van der Waals surface area contributed by atoms with Gasteiger partial charge in [-0.25, -0.2) is 9.97 Å². The number of nitrogens with zero attached hydrogens (tertiary/aromatic N) is 4. The third-order valence-electron chi connectivity index (χ3n) is 3.88. The summed E-state index contributed by atoms with van der Waals surface area (Å²) in [5.74, 6) is 0.815. The van der Waals surface area contributed by atoms with E-state index in [4.69, 9.17) is 0 Å². The molecule has 0 aliphatic carbocycles. The van der Waals surface area contributed by atoms with Gasteiger partial charge in [-0.2, -0.15) is 0 Å². The fourth-order valence-electron chi connectivity index (χ4n) is 2.64. The number of amides is 1. The SMILES string of the molecule is CNC1CCCN(C(=O)c2ccc(-n3ccnc3)nc2)C1. The first kappa shape index (κ1) is 13.8. The predicted molar refractivity (Wildman–Crippen MR) is 79.3 cm³/mol. The summed E-state index contributed by atoms with van der Waals surface area (Å²) in [5.41, 5.74) is 0.635. The van der Waals surface area contributed by atoms with E-state index in [0.29, 0.717) is 11.6 Å². The molecule has 3 rings (SSSR count). The maximum atomic E-state index is 12.5. The smallest absolute Gasteiger partial charge is 0.255 e. The number of pyridine rings is 1. The highest BCUT2D eigenvalue weighted by Crippen LogP contribution is 2.14. The van der Waals surface area contributed by atoms with Gasteiger partial charge in [-0.1, -0.05) is 0 Å². The molecular formula is C15H19N5O. The minimum atomic E-state index is 0.0552. The average molecular weight is 285 g/mol. The molecular weight excluding hydrogens is 266 g/mol. The summed E-state index contributed by atoms with van der Waals surface area (Å²) in [6.07, 6.45) is 9.01. The van der Waals surface area contributed by atoms with Gasteiger partial charge in [0, 0.05) is 37.7 Å². The van der Waals surface area contributed by atoms with E-state index >= 15 is 0 Å². The Hall–Kier alpha value is -2.21. The number of aromatic nitrogens is 3. The monoisotopic (exact) mass is 285 g/mol. The van der Waals surface area contributed by atoms with Crippen molar-refractivity contribution in [2.75, 3.05) is 20.1 Å². The van der Waals surface area contributed by atoms with Crippen LogP contribution in [-0.2, 0) is 0 Å². The van der Waals surface area contributed by atoms with Crippen molar-refractivity contribution in [3.05, 3.63) is 42.6 Å². The highest BCUT2D eigenvalue weighted by molar-refractivity contribution is 5.94. The molecule has 0 spiro atoms. The predicted octanol–water partition coefficient (Wildman–Crippen LogP) is 1.09. The molecule has 1 unspecified atom stereocenters. The van der Waals surface area contributed by atoms with Crippen molar-refractivity contribution in [3.8, 4) is 5.82 Å². The van der Waals surface area contributed by atoms with Crippen LogP contribution in [0.3, 0.4) is 0 Å². The zero-order valence-electron chi connectivity index (χ0n) is 12.1. The Morgan fingerprint density at radius 3 is 3.00 bits per heavy atom. The lowest BCUT2D eigenvalue weighted by Crippen LogP contribution is -2.46. The molecule has 1 fully saturated rings. The van der Waals surface area contributed by atoms with Gasteiger partial charge in [-0.15, -0.1) is 0 Å². The lowest BCUT2D eigenvalue weighted by molar-refractivity contribution is 0.0698. The average Bonchev–Trinajstić information content (AvgIpc) is 3.09. The van der Waals surface area contributed by atoms with Crippen LogP contribution in [0.1, 0.15) is 23.2 Å². The molecule has 2 aromatic rings. The van der Waals surface area contributed by atoms with Crippen LogP contribution in [0.4, 0.5) is 0 Å². The molecule has 6 heteroatoms. The highest BCUT2D eigenvalue weighted by Gasteiger charge is 2.23. The van der Waals surface area contributed by atoms with Gasteiger partial charge in [-0.05, 0) is 32.0 Å². The Bertz CT molecular complexity index is 593. The summed E-state index contributed by atoms with van der Waals surface area (Å²) < 4.78 is 1.81. The van der Waals surface area contributed by atoms with Crippen molar-refractivity contribution in [3.63, 3.8) is 0 Å². The van der Waals surface area contributed by atoms with Gasteiger partial charge < -0.3 is 10.2 Å². The van der Waals surface area contributed by atoms with Gasteiger partial charge in [-0.3, -0.25) is 9.36 Å². The number of hydrogen-bond acceptors (Lipinski definition) is 4. The van der Waals surface area contributed by atoms with E-state index in [1.165, 1.54) is 0 Å². The molecule has 0 bridgehead atoms. The van der Waals surface area contributed by atoms with E-state index in [0.717, 1.165) is 31.7 Å². The van der Waals surface area contributed by atoms with Crippen LogP contribution in [0, 0.1) is 0 Å². The maximum absolute atomic E-state index is 12.5. The molecule has 1 saturated heterocycles. The molecule has 0 saturated carbocycles. The molecule has 1 N–H and O–H groups in total. The van der Waals surface area contributed by atoms with Gasteiger partial charge in [0.1, 0.15) is 12.1 Å². The fourth-order valence-corrected chi connectivity index (χ4v) is 2.64. The summed E-state index contributed by atoms with van der Waals surface area (Å²) >= 11 is 0. The van der Waals surface area contributed by atoms with Crippen molar-refractivity contribution in [2.24, 2.45) is 0 Å². The van der Waals surface area contributed by atoms with Crippen LogP contribution >= 0.6 is 0 Å². The number of likely N-dealkylation sites (N-methyl/N-ethyl adjacent to an activating group) is 1. The van der Waals surface area contributed by atoms with E-state index in [2.05, 4.69) is 15.3 Å². The highest BCUT2D eigenvalue weighted by atomic mass is 16.2. The van der Waals surface area contributed by atoms with E-state index in [9.17, 15) is 4.79 Å². The van der Waals surface area contributed by atoms with E-state index in [1.807, 2.05) is 34.8 Å². The minimum absolute atomic E-state index is 0.0552. The molecule has 1 aliphatic heterocycles. The summed E-state index contributed by atoms with van der Waals surface area (Å²) in [7, 11) is 1.94. The standard InChI is InChI=1S/C15H19N5O/c1-16-13-3-2-7-19(10-13)15(21)12-4-5-14(18-9-12)20-8-6-17-11-20/h4-6,8-9,11,13,16H,2-3,7,10H2,1H3. The summed E-state index contributed by atoms with van der Waals surface area (Å²) in [5, 5.41) is 3.25.